The summed E-state index contributed by atoms with van der Waals surface area (Å²) in [6, 6.07) is 15.3. The van der Waals surface area contributed by atoms with Gasteiger partial charge in [-0.1, -0.05) is 41.9 Å². The Kier molecular flexibility index (Phi) is 3.94. The van der Waals surface area contributed by atoms with E-state index in [1.165, 1.54) is 0 Å². The van der Waals surface area contributed by atoms with Crippen molar-refractivity contribution in [3.63, 3.8) is 0 Å². The van der Waals surface area contributed by atoms with E-state index < -0.39 is 0 Å². The summed E-state index contributed by atoms with van der Waals surface area (Å²) < 4.78 is 5.18. The van der Waals surface area contributed by atoms with E-state index in [2.05, 4.69) is 9.97 Å². The molecular weight excluding hydrogens is 298 g/mol. The molecule has 0 amide bonds. The number of ether oxygens (including phenoxy) is 1. The van der Waals surface area contributed by atoms with Crippen molar-refractivity contribution in [2.75, 3.05) is 12.8 Å². The second-order valence-corrected chi connectivity index (χ2v) is 5.11. The van der Waals surface area contributed by atoms with Gasteiger partial charge in [-0.15, -0.1) is 0 Å². The second-order valence-electron chi connectivity index (χ2n) is 4.71. The number of methoxy groups -OCH3 is 1. The van der Waals surface area contributed by atoms with Crippen molar-refractivity contribution in [2.24, 2.45) is 0 Å². The number of rotatable bonds is 3. The van der Waals surface area contributed by atoms with Crippen molar-refractivity contribution in [2.45, 2.75) is 0 Å². The van der Waals surface area contributed by atoms with Gasteiger partial charge in [0.2, 0.25) is 0 Å². The summed E-state index contributed by atoms with van der Waals surface area (Å²) >= 11 is 6.21. The molecule has 0 fully saturated rings. The van der Waals surface area contributed by atoms with Crippen LogP contribution in [0.2, 0.25) is 5.02 Å². The van der Waals surface area contributed by atoms with Gasteiger partial charge in [0, 0.05) is 11.1 Å². The highest BCUT2D eigenvalue weighted by molar-refractivity contribution is 6.32. The molecule has 2 N–H and O–H groups in total. The zero-order valence-electron chi connectivity index (χ0n) is 12.0. The third-order valence-electron chi connectivity index (χ3n) is 3.26. The number of nitrogens with zero attached hydrogens (tertiary/aromatic N) is 2. The molecule has 0 spiro atoms. The lowest BCUT2D eigenvalue weighted by Crippen LogP contribution is -1.98. The molecule has 2 aromatic carbocycles. The Bertz CT molecular complexity index is 806. The minimum atomic E-state index is 0.377. The molecule has 0 unspecified atom stereocenters. The van der Waals surface area contributed by atoms with Crippen molar-refractivity contribution in [1.82, 2.24) is 9.97 Å². The lowest BCUT2D eigenvalue weighted by molar-refractivity contribution is 0.415. The first-order valence-corrected chi connectivity index (χ1v) is 7.08. The average molecular weight is 312 g/mol. The van der Waals surface area contributed by atoms with Gasteiger partial charge in [0.15, 0.2) is 0 Å². The predicted octanol–water partition coefficient (Wildman–Crippen LogP) is 4.05. The number of benzene rings is 2. The topological polar surface area (TPSA) is 61.0 Å². The molecule has 0 bridgehead atoms. The first kappa shape index (κ1) is 14.4. The highest BCUT2D eigenvalue weighted by Crippen LogP contribution is 2.33. The van der Waals surface area contributed by atoms with Gasteiger partial charge in [0.1, 0.15) is 11.6 Å². The Hall–Kier alpha value is -2.59. The molecular formula is C17H14ClN3O. The molecule has 4 nitrogen and oxygen atoms in total. The summed E-state index contributed by atoms with van der Waals surface area (Å²) in [7, 11) is 1.58. The van der Waals surface area contributed by atoms with E-state index in [1.54, 1.807) is 13.3 Å². The van der Waals surface area contributed by atoms with Crippen LogP contribution in [0.15, 0.2) is 54.7 Å². The van der Waals surface area contributed by atoms with E-state index in [9.17, 15) is 0 Å². The molecule has 0 radical (unpaired) electrons. The Morgan fingerprint density at radius 1 is 1.00 bits per heavy atom. The first-order valence-electron chi connectivity index (χ1n) is 6.71. The van der Waals surface area contributed by atoms with Crippen LogP contribution in [-0.2, 0) is 0 Å². The third-order valence-corrected chi connectivity index (χ3v) is 3.56. The fourth-order valence-electron chi connectivity index (χ4n) is 2.22. The van der Waals surface area contributed by atoms with Gasteiger partial charge in [0.05, 0.1) is 29.7 Å². The van der Waals surface area contributed by atoms with E-state index in [-0.39, 0.29) is 0 Å². The Labute approximate surface area is 133 Å². The molecule has 1 heterocycles. The fourth-order valence-corrected chi connectivity index (χ4v) is 2.48. The molecule has 5 heteroatoms. The summed E-state index contributed by atoms with van der Waals surface area (Å²) in [5, 5.41) is 0.526. The summed E-state index contributed by atoms with van der Waals surface area (Å²) in [6.07, 6.45) is 1.54. The summed E-state index contributed by atoms with van der Waals surface area (Å²) in [6.45, 7) is 0. The van der Waals surface area contributed by atoms with E-state index in [1.807, 2.05) is 48.5 Å². The van der Waals surface area contributed by atoms with E-state index >= 15 is 0 Å². The molecule has 3 rings (SSSR count). The number of halogens is 1. The highest BCUT2D eigenvalue weighted by Gasteiger charge is 2.13. The van der Waals surface area contributed by atoms with Crippen LogP contribution in [0.5, 0.6) is 5.75 Å². The normalized spacial score (nSPS) is 10.5. The van der Waals surface area contributed by atoms with Crippen LogP contribution < -0.4 is 10.5 Å². The molecule has 0 saturated carbocycles. The van der Waals surface area contributed by atoms with Crippen molar-refractivity contribution in [3.8, 4) is 28.3 Å². The number of nitrogens with two attached hydrogens (primary N) is 1. The van der Waals surface area contributed by atoms with E-state index in [0.29, 0.717) is 16.6 Å². The number of hydrogen-bond donors (Lipinski definition) is 1. The van der Waals surface area contributed by atoms with Crippen LogP contribution in [0.1, 0.15) is 0 Å². The van der Waals surface area contributed by atoms with Gasteiger partial charge in [-0.05, 0) is 18.2 Å². The van der Waals surface area contributed by atoms with Crippen LogP contribution in [0.3, 0.4) is 0 Å². The van der Waals surface area contributed by atoms with Gasteiger partial charge in [-0.2, -0.15) is 0 Å². The van der Waals surface area contributed by atoms with Crippen LogP contribution in [0, 0.1) is 0 Å². The summed E-state index contributed by atoms with van der Waals surface area (Å²) in [5.74, 6) is 0.997. The molecule has 3 aromatic rings. The SMILES string of the molecule is COc1ccc(-c2ncc(N)nc2-c2ccccc2)cc1Cl. The second kappa shape index (κ2) is 6.03. The Balaban J connectivity index is 2.17. The minimum absolute atomic E-state index is 0.377. The maximum absolute atomic E-state index is 6.21. The minimum Gasteiger partial charge on any atom is -0.495 e. The molecule has 1 aromatic heterocycles. The van der Waals surface area contributed by atoms with Crippen molar-refractivity contribution >= 4 is 17.4 Å². The Morgan fingerprint density at radius 3 is 2.45 bits per heavy atom. The molecule has 0 atom stereocenters. The zero-order valence-corrected chi connectivity index (χ0v) is 12.7. The number of anilines is 1. The van der Waals surface area contributed by atoms with Gasteiger partial charge in [-0.25, -0.2) is 4.98 Å². The molecule has 110 valence electrons. The van der Waals surface area contributed by atoms with Crippen molar-refractivity contribution < 1.29 is 4.74 Å². The number of nitrogen functional groups attached to an aromatic ring is 1. The largest absolute Gasteiger partial charge is 0.495 e. The Morgan fingerprint density at radius 2 is 1.77 bits per heavy atom. The van der Waals surface area contributed by atoms with Crippen molar-refractivity contribution in [1.29, 1.82) is 0 Å². The average Bonchev–Trinajstić information content (AvgIpc) is 2.55. The van der Waals surface area contributed by atoms with Crippen LogP contribution >= 0.6 is 11.6 Å². The van der Waals surface area contributed by atoms with Crippen LogP contribution in [0.25, 0.3) is 22.5 Å². The smallest absolute Gasteiger partial charge is 0.142 e. The lowest BCUT2D eigenvalue weighted by atomic mass is 10.0. The highest BCUT2D eigenvalue weighted by atomic mass is 35.5. The summed E-state index contributed by atoms with van der Waals surface area (Å²) in [4.78, 5) is 8.87. The van der Waals surface area contributed by atoms with Crippen LogP contribution in [-0.4, -0.2) is 17.1 Å². The maximum Gasteiger partial charge on any atom is 0.142 e. The van der Waals surface area contributed by atoms with Gasteiger partial charge >= 0.3 is 0 Å². The molecule has 0 aliphatic carbocycles. The van der Waals surface area contributed by atoms with Crippen molar-refractivity contribution in [3.05, 3.63) is 59.8 Å². The predicted molar refractivity (Wildman–Crippen MR) is 88.9 cm³/mol. The standard InChI is InChI=1S/C17H14ClN3O/c1-22-14-8-7-12(9-13(14)18)16-17(21-15(19)10-20-16)11-5-3-2-4-6-11/h2-10H,1H3,(H2,19,21). The quantitative estimate of drug-likeness (QED) is 0.792. The van der Waals surface area contributed by atoms with Gasteiger partial charge in [0.25, 0.3) is 0 Å². The van der Waals surface area contributed by atoms with Crippen LogP contribution in [0.4, 0.5) is 5.82 Å². The summed E-state index contributed by atoms with van der Waals surface area (Å²) in [5.41, 5.74) is 9.06. The molecule has 0 aliphatic rings. The molecule has 22 heavy (non-hydrogen) atoms. The zero-order chi connectivity index (χ0) is 15.5. The lowest BCUT2D eigenvalue weighted by Gasteiger charge is -2.10. The van der Waals surface area contributed by atoms with Gasteiger partial charge in [-0.3, -0.25) is 4.98 Å². The molecule has 0 aliphatic heterocycles. The molecule has 0 saturated heterocycles. The monoisotopic (exact) mass is 311 g/mol. The first-order chi connectivity index (χ1) is 10.7. The van der Waals surface area contributed by atoms with E-state index in [0.717, 1.165) is 22.5 Å². The maximum atomic E-state index is 6.21. The number of hydrogen-bond acceptors (Lipinski definition) is 4. The van der Waals surface area contributed by atoms with E-state index in [4.69, 9.17) is 22.1 Å². The third kappa shape index (κ3) is 2.73. The van der Waals surface area contributed by atoms with Gasteiger partial charge < -0.3 is 10.5 Å². The fraction of sp³-hybridized carbons (Fsp3) is 0.0588. The number of aromatic nitrogens is 2.